The first-order valence-electron chi connectivity index (χ1n) is 11.7. The summed E-state index contributed by atoms with van der Waals surface area (Å²) in [4.78, 5) is 57.7. The summed E-state index contributed by atoms with van der Waals surface area (Å²) < 4.78 is 49.0. The van der Waals surface area contributed by atoms with Crippen molar-refractivity contribution in [1.82, 2.24) is 24.8 Å². The number of carbonyl (C=O) groups is 1. The van der Waals surface area contributed by atoms with Gasteiger partial charge in [-0.2, -0.15) is 4.98 Å². The normalized spacial score (nSPS) is 33.5. The van der Waals surface area contributed by atoms with Gasteiger partial charge < -0.3 is 55.3 Å². The molecule has 0 bridgehead atoms. The predicted octanol–water partition coefficient (Wildman–Crippen LogP) is -10.7. The number of imidazole rings is 1. The monoisotopic (exact) mass is 674 g/mol. The van der Waals surface area contributed by atoms with Gasteiger partial charge in [-0.25, -0.2) is 9.29 Å². The molecule has 0 aliphatic carbocycles. The number of nitrogens with zero attached hydrogens (tertiary/aromatic N) is 3. The van der Waals surface area contributed by atoms with Crippen molar-refractivity contribution in [2.45, 2.75) is 69.0 Å². The molecule has 11 atom stereocenters. The van der Waals surface area contributed by atoms with E-state index in [1.807, 2.05) is 0 Å². The molecule has 1 amide bonds. The van der Waals surface area contributed by atoms with Gasteiger partial charge in [-0.3, -0.25) is 32.8 Å². The van der Waals surface area contributed by atoms with Crippen molar-refractivity contribution in [2.24, 2.45) is 0 Å². The fourth-order valence-electron chi connectivity index (χ4n) is 4.24. The third-order valence-electron chi connectivity index (χ3n) is 6.11. The van der Waals surface area contributed by atoms with Crippen LogP contribution < -0.4 is 85.5 Å². The van der Waals surface area contributed by atoms with Gasteiger partial charge in [-0.15, -0.1) is 0 Å². The molecule has 0 aromatic carbocycles. The second kappa shape index (κ2) is 15.0. The van der Waals surface area contributed by atoms with E-state index in [2.05, 4.69) is 33.6 Å². The van der Waals surface area contributed by atoms with Crippen LogP contribution in [0.1, 0.15) is 20.1 Å². The molecule has 21 nitrogen and oxygen atoms in total. The average Bonchev–Trinajstić information content (AvgIpc) is 3.38. The fraction of sp³-hybridized carbons (Fsp3) is 0.667. The van der Waals surface area contributed by atoms with Crippen molar-refractivity contribution in [2.75, 3.05) is 12.3 Å². The van der Waals surface area contributed by atoms with Crippen LogP contribution >= 0.6 is 15.6 Å². The van der Waals surface area contributed by atoms with E-state index in [1.54, 1.807) is 0 Å². The number of phosphoric acid groups is 2. The van der Waals surface area contributed by atoms with Gasteiger partial charge in [0.2, 0.25) is 11.9 Å². The van der Waals surface area contributed by atoms with E-state index in [-0.39, 0.29) is 76.2 Å². The summed E-state index contributed by atoms with van der Waals surface area (Å²) in [6.45, 7) is 1.38. The largest absolute Gasteiger partial charge is 1.00 e. The van der Waals surface area contributed by atoms with Gasteiger partial charge in [0.05, 0.1) is 25.1 Å². The van der Waals surface area contributed by atoms with Gasteiger partial charge >= 0.3 is 59.1 Å². The van der Waals surface area contributed by atoms with Crippen molar-refractivity contribution in [3.8, 4) is 0 Å². The number of hydrogen-bond acceptors (Lipinski definition) is 18. The predicted molar refractivity (Wildman–Crippen MR) is 126 cm³/mol. The summed E-state index contributed by atoms with van der Waals surface area (Å²) in [5, 5.41) is 43.4. The Morgan fingerprint density at radius 1 is 1.14 bits per heavy atom. The van der Waals surface area contributed by atoms with Crippen LogP contribution in [-0.2, 0) is 36.8 Å². The molecule has 2 saturated heterocycles. The van der Waals surface area contributed by atoms with Crippen molar-refractivity contribution in [3.63, 3.8) is 0 Å². The van der Waals surface area contributed by atoms with Gasteiger partial charge in [0.25, 0.3) is 21.2 Å². The van der Waals surface area contributed by atoms with Gasteiger partial charge in [0, 0.05) is 6.92 Å². The summed E-state index contributed by atoms with van der Waals surface area (Å²) in [5.41, 5.74) is 4.53. The van der Waals surface area contributed by atoms with Crippen LogP contribution in [0.5, 0.6) is 0 Å². The minimum absolute atomic E-state index is 0. The molecule has 4 heterocycles. The third-order valence-corrected chi connectivity index (χ3v) is 8.64. The first kappa shape index (κ1) is 38.8. The average molecular weight is 674 g/mol. The number of rotatable bonds is 9. The molecule has 11 unspecified atom stereocenters. The maximum absolute atomic E-state index is 12.2. The van der Waals surface area contributed by atoms with E-state index in [4.69, 9.17) is 15.2 Å². The number of carbonyl (C=O) groups excluding carboxylic acids is 1. The van der Waals surface area contributed by atoms with E-state index >= 15 is 0 Å². The topological polar surface area (TPSA) is 326 Å². The third kappa shape index (κ3) is 8.92. The van der Waals surface area contributed by atoms with E-state index in [9.17, 15) is 48.9 Å². The molecule has 8 N–H and O–H groups in total. The van der Waals surface area contributed by atoms with Crippen LogP contribution in [0.4, 0.5) is 5.95 Å². The number of aliphatic hydroxyl groups excluding tert-OH is 4. The van der Waals surface area contributed by atoms with E-state index in [0.717, 1.165) is 17.8 Å². The second-order valence-corrected chi connectivity index (χ2v) is 12.0. The number of nitrogen functional groups attached to an aromatic ring is 1. The van der Waals surface area contributed by atoms with Crippen LogP contribution in [0.2, 0.25) is 0 Å². The molecule has 4 rings (SSSR count). The first-order chi connectivity index (χ1) is 19.0. The molecule has 2 aromatic rings. The Hall–Kier alpha value is -0.360. The minimum Gasteiger partial charge on any atom is -0.756 e. The number of aromatic amines is 1. The van der Waals surface area contributed by atoms with E-state index < -0.39 is 88.9 Å². The second-order valence-electron chi connectivity index (χ2n) is 9.12. The summed E-state index contributed by atoms with van der Waals surface area (Å²) in [5.74, 6) is -0.864. The van der Waals surface area contributed by atoms with Crippen LogP contribution in [0.15, 0.2) is 11.1 Å². The van der Waals surface area contributed by atoms with Crippen LogP contribution in [0.25, 0.3) is 11.2 Å². The zero-order valence-corrected chi connectivity index (χ0v) is 28.9. The van der Waals surface area contributed by atoms with Gasteiger partial charge in [0.15, 0.2) is 23.7 Å². The quantitative estimate of drug-likeness (QED) is 0.0959. The number of amides is 1. The molecular formula is C18H26N6Na2O15P2. The molecule has 230 valence electrons. The van der Waals surface area contributed by atoms with Crippen LogP contribution in [0, 0.1) is 0 Å². The Balaban J connectivity index is 0.00000323. The smallest absolute Gasteiger partial charge is 0.756 e. The Morgan fingerprint density at radius 3 is 2.42 bits per heavy atom. The standard InChI is InChI=1S/C18H28N6O15P2.2Na/c1-5-8(21-6(2)25)11(27)13(29)17(36-5)38-41(33,34)39-40(31,32)35-3-7-10(26)12(28)16(37-7)24-4-20-9-14(24)22-18(19)23-15(9)30;;/h4-5,7-8,10-13,16-17,26-29H,3H2,1-2H3,(H,21,25)(H,31,32)(H,33,34)(H3,19,22,23,30);;/q;2*+1/p-2. The van der Waals surface area contributed by atoms with Crippen molar-refractivity contribution < 1.29 is 126 Å². The molecule has 2 aliphatic rings. The molecular weight excluding hydrogens is 648 g/mol. The molecule has 2 aromatic heterocycles. The summed E-state index contributed by atoms with van der Waals surface area (Å²) in [6.07, 6.45) is -12.5. The number of anilines is 1. The number of hydrogen-bond donors (Lipinski definition) is 7. The SMILES string of the molecule is CC(=O)NC1C(C)OC(OP(=O)([O-])OP(=O)([O-])OCC2OC(n3cnc4c(=O)[nH]c(N)nc43)C(O)C2O)C(O)C1O.[Na+].[Na+]. The number of nitrogens with one attached hydrogen (secondary N) is 2. The molecule has 25 heteroatoms. The molecule has 2 fully saturated rings. The Morgan fingerprint density at radius 2 is 1.79 bits per heavy atom. The Bertz CT molecular complexity index is 1450. The molecule has 0 saturated carbocycles. The van der Waals surface area contributed by atoms with E-state index in [0.29, 0.717) is 0 Å². The molecule has 0 spiro atoms. The Labute approximate surface area is 285 Å². The van der Waals surface area contributed by atoms with Crippen molar-refractivity contribution in [3.05, 3.63) is 16.7 Å². The number of fused-ring (bicyclic) bond motifs is 1. The van der Waals surface area contributed by atoms with Crippen LogP contribution in [0.3, 0.4) is 0 Å². The minimum atomic E-state index is -5.85. The molecule has 0 radical (unpaired) electrons. The zero-order valence-electron chi connectivity index (χ0n) is 23.1. The van der Waals surface area contributed by atoms with E-state index in [1.165, 1.54) is 6.92 Å². The maximum Gasteiger partial charge on any atom is 1.00 e. The maximum atomic E-state index is 12.2. The number of aromatic nitrogens is 4. The number of nitrogens with two attached hydrogens (primary N) is 1. The van der Waals surface area contributed by atoms with Gasteiger partial charge in [-0.1, -0.05) is 0 Å². The Kier molecular flexibility index (Phi) is 13.6. The fourth-order valence-corrected chi connectivity index (χ4v) is 6.32. The number of ether oxygens (including phenoxy) is 2. The van der Waals surface area contributed by atoms with Gasteiger partial charge in [-0.05, 0) is 6.92 Å². The first-order valence-corrected chi connectivity index (χ1v) is 14.6. The number of aliphatic hydroxyl groups is 4. The number of phosphoric ester groups is 2. The van der Waals surface area contributed by atoms with Crippen molar-refractivity contribution in [1.29, 1.82) is 0 Å². The number of H-pyrrole nitrogens is 1. The molecule has 2 aliphatic heterocycles. The summed E-state index contributed by atoms with van der Waals surface area (Å²) in [6, 6.07) is -1.14. The van der Waals surface area contributed by atoms with Crippen LogP contribution in [-0.4, -0.2) is 101 Å². The zero-order chi connectivity index (χ0) is 30.4. The molecule has 43 heavy (non-hydrogen) atoms. The summed E-state index contributed by atoms with van der Waals surface area (Å²) >= 11 is 0. The van der Waals surface area contributed by atoms with Gasteiger partial charge in [0.1, 0.15) is 30.5 Å². The summed E-state index contributed by atoms with van der Waals surface area (Å²) in [7, 11) is -11.6. The van der Waals surface area contributed by atoms with Crippen molar-refractivity contribution >= 4 is 38.7 Å².